The van der Waals surface area contributed by atoms with Gasteiger partial charge in [0, 0.05) is 24.7 Å². The van der Waals surface area contributed by atoms with Gasteiger partial charge in [-0.25, -0.2) is 0 Å². The van der Waals surface area contributed by atoms with Crippen molar-refractivity contribution in [3.8, 4) is 11.5 Å². The number of amides is 1. The predicted octanol–water partition coefficient (Wildman–Crippen LogP) is 4.37. The summed E-state index contributed by atoms with van der Waals surface area (Å²) < 4.78 is 15.4. The van der Waals surface area contributed by atoms with E-state index < -0.39 is 0 Å². The van der Waals surface area contributed by atoms with Crippen LogP contribution >= 0.6 is 0 Å². The standard InChI is InChI=1S/C25H33NO5/c1-19(25(28)31-4)10-8-14-26(15-9-13-20-11-6-5-7-12-20)24(27)21-16-22(29-2)18-23(17-21)30-3/h5-7,11-12,16-19H,8-10,13-15H2,1-4H3. The second-order valence-electron chi connectivity index (χ2n) is 7.55. The number of nitrogens with zero attached hydrogens (tertiary/aromatic N) is 1. The van der Waals surface area contributed by atoms with Crippen LogP contribution in [-0.2, 0) is 16.0 Å². The first kappa shape index (κ1) is 24.3. The van der Waals surface area contributed by atoms with Gasteiger partial charge in [0.15, 0.2) is 0 Å². The Morgan fingerprint density at radius 3 is 2.10 bits per heavy atom. The molecule has 2 aromatic carbocycles. The third-order valence-electron chi connectivity index (χ3n) is 5.29. The molecule has 0 saturated heterocycles. The lowest BCUT2D eigenvalue weighted by Crippen LogP contribution is -2.33. The summed E-state index contributed by atoms with van der Waals surface area (Å²) in [6.45, 7) is 3.04. The average molecular weight is 428 g/mol. The largest absolute Gasteiger partial charge is 0.497 e. The quantitative estimate of drug-likeness (QED) is 0.471. The Bertz CT molecular complexity index is 815. The SMILES string of the molecule is COC(=O)C(C)CCCN(CCCc1ccccc1)C(=O)c1cc(OC)cc(OC)c1. The summed E-state index contributed by atoms with van der Waals surface area (Å²) in [5.41, 5.74) is 1.77. The highest BCUT2D eigenvalue weighted by Gasteiger charge is 2.19. The Morgan fingerprint density at radius 2 is 1.52 bits per heavy atom. The molecule has 6 nitrogen and oxygen atoms in total. The van der Waals surface area contributed by atoms with Crippen LogP contribution in [0, 0.1) is 5.92 Å². The zero-order valence-corrected chi connectivity index (χ0v) is 18.9. The second kappa shape index (κ2) is 12.6. The van der Waals surface area contributed by atoms with Gasteiger partial charge in [-0.3, -0.25) is 9.59 Å². The molecule has 0 aliphatic heterocycles. The van der Waals surface area contributed by atoms with E-state index in [1.807, 2.05) is 30.0 Å². The third-order valence-corrected chi connectivity index (χ3v) is 5.29. The molecular formula is C25H33NO5. The van der Waals surface area contributed by atoms with E-state index in [2.05, 4.69) is 12.1 Å². The Morgan fingerprint density at radius 1 is 0.903 bits per heavy atom. The minimum absolute atomic E-state index is 0.0732. The van der Waals surface area contributed by atoms with Crippen LogP contribution in [-0.4, -0.2) is 51.2 Å². The lowest BCUT2D eigenvalue weighted by molar-refractivity contribution is -0.145. The van der Waals surface area contributed by atoms with Crippen molar-refractivity contribution < 1.29 is 23.8 Å². The summed E-state index contributed by atoms with van der Waals surface area (Å²) in [5.74, 6) is 0.663. The zero-order chi connectivity index (χ0) is 22.6. The molecule has 0 aromatic heterocycles. The van der Waals surface area contributed by atoms with Crippen LogP contribution in [0.2, 0.25) is 0 Å². The van der Waals surface area contributed by atoms with Crippen molar-refractivity contribution >= 4 is 11.9 Å². The molecule has 0 aliphatic carbocycles. The molecule has 1 amide bonds. The molecule has 0 spiro atoms. The molecule has 0 radical (unpaired) electrons. The first-order chi connectivity index (χ1) is 15.0. The normalized spacial score (nSPS) is 11.5. The van der Waals surface area contributed by atoms with Gasteiger partial charge >= 0.3 is 5.97 Å². The number of methoxy groups -OCH3 is 3. The molecule has 31 heavy (non-hydrogen) atoms. The minimum atomic E-state index is -0.223. The summed E-state index contributed by atoms with van der Waals surface area (Å²) in [7, 11) is 4.53. The van der Waals surface area contributed by atoms with E-state index in [1.165, 1.54) is 12.7 Å². The lowest BCUT2D eigenvalue weighted by atomic mass is 10.0. The summed E-state index contributed by atoms with van der Waals surface area (Å²) in [4.78, 5) is 26.8. The first-order valence-electron chi connectivity index (χ1n) is 10.6. The van der Waals surface area contributed by atoms with Crippen molar-refractivity contribution in [1.82, 2.24) is 4.90 Å². The first-order valence-corrected chi connectivity index (χ1v) is 10.6. The second-order valence-corrected chi connectivity index (χ2v) is 7.55. The average Bonchev–Trinajstić information content (AvgIpc) is 2.82. The molecule has 0 N–H and O–H groups in total. The Labute approximate surface area is 185 Å². The number of carbonyl (C=O) groups is 2. The molecule has 168 valence electrons. The molecule has 0 bridgehead atoms. The highest BCUT2D eigenvalue weighted by molar-refractivity contribution is 5.95. The van der Waals surface area contributed by atoms with Gasteiger partial charge < -0.3 is 19.1 Å². The number of benzene rings is 2. The van der Waals surface area contributed by atoms with Crippen LogP contribution in [0.1, 0.15) is 42.1 Å². The summed E-state index contributed by atoms with van der Waals surface area (Å²) in [5, 5.41) is 0. The molecule has 0 saturated carbocycles. The molecule has 0 heterocycles. The van der Waals surface area contributed by atoms with Gasteiger partial charge in [-0.05, 0) is 43.4 Å². The van der Waals surface area contributed by atoms with Gasteiger partial charge in [-0.1, -0.05) is 37.3 Å². The minimum Gasteiger partial charge on any atom is -0.497 e. The number of aryl methyl sites for hydroxylation is 1. The van der Waals surface area contributed by atoms with E-state index in [1.54, 1.807) is 32.4 Å². The summed E-state index contributed by atoms with van der Waals surface area (Å²) in [6.07, 6.45) is 3.12. The highest BCUT2D eigenvalue weighted by atomic mass is 16.5. The van der Waals surface area contributed by atoms with E-state index in [0.29, 0.717) is 43.0 Å². The topological polar surface area (TPSA) is 65.1 Å². The number of hydrogen-bond donors (Lipinski definition) is 0. The van der Waals surface area contributed by atoms with Crippen LogP contribution in [0.4, 0.5) is 0 Å². The maximum Gasteiger partial charge on any atom is 0.308 e. The van der Waals surface area contributed by atoms with Crippen molar-refractivity contribution in [2.75, 3.05) is 34.4 Å². The number of ether oxygens (including phenoxy) is 3. The van der Waals surface area contributed by atoms with Crippen LogP contribution < -0.4 is 9.47 Å². The highest BCUT2D eigenvalue weighted by Crippen LogP contribution is 2.24. The number of hydrogen-bond acceptors (Lipinski definition) is 5. The Kier molecular flexibility index (Phi) is 9.88. The third kappa shape index (κ3) is 7.63. The van der Waals surface area contributed by atoms with Crippen LogP contribution in [0.3, 0.4) is 0 Å². The van der Waals surface area contributed by atoms with Gasteiger partial charge in [-0.15, -0.1) is 0 Å². The lowest BCUT2D eigenvalue weighted by Gasteiger charge is -2.24. The van der Waals surface area contributed by atoms with Crippen LogP contribution in [0.5, 0.6) is 11.5 Å². The van der Waals surface area contributed by atoms with Gasteiger partial charge in [-0.2, -0.15) is 0 Å². The molecule has 2 rings (SSSR count). The predicted molar refractivity (Wildman–Crippen MR) is 121 cm³/mol. The molecule has 0 aliphatic rings. The molecule has 1 unspecified atom stereocenters. The van der Waals surface area contributed by atoms with Gasteiger partial charge in [0.25, 0.3) is 5.91 Å². The maximum absolute atomic E-state index is 13.3. The smallest absolute Gasteiger partial charge is 0.308 e. The van der Waals surface area contributed by atoms with E-state index in [4.69, 9.17) is 14.2 Å². The van der Waals surface area contributed by atoms with Crippen molar-refractivity contribution in [3.63, 3.8) is 0 Å². The summed E-state index contributed by atoms with van der Waals surface area (Å²) in [6, 6.07) is 15.4. The van der Waals surface area contributed by atoms with Gasteiger partial charge in [0.05, 0.1) is 27.2 Å². The van der Waals surface area contributed by atoms with Crippen LogP contribution in [0.25, 0.3) is 0 Å². The number of esters is 1. The molecule has 2 aromatic rings. The van der Waals surface area contributed by atoms with E-state index in [0.717, 1.165) is 12.8 Å². The van der Waals surface area contributed by atoms with E-state index in [-0.39, 0.29) is 17.8 Å². The molecule has 0 fully saturated rings. The van der Waals surface area contributed by atoms with E-state index in [9.17, 15) is 9.59 Å². The fraction of sp³-hybridized carbons (Fsp3) is 0.440. The zero-order valence-electron chi connectivity index (χ0n) is 18.9. The number of rotatable bonds is 12. The van der Waals surface area contributed by atoms with Crippen molar-refractivity contribution in [2.45, 2.75) is 32.6 Å². The Balaban J connectivity index is 2.09. The fourth-order valence-corrected chi connectivity index (χ4v) is 3.45. The van der Waals surface area contributed by atoms with Crippen molar-refractivity contribution in [3.05, 3.63) is 59.7 Å². The number of carbonyl (C=O) groups excluding carboxylic acids is 2. The molecule has 6 heteroatoms. The molecule has 1 atom stereocenters. The van der Waals surface area contributed by atoms with Gasteiger partial charge in [0.1, 0.15) is 11.5 Å². The monoisotopic (exact) mass is 427 g/mol. The Hall–Kier alpha value is -3.02. The van der Waals surface area contributed by atoms with Crippen LogP contribution in [0.15, 0.2) is 48.5 Å². The van der Waals surface area contributed by atoms with E-state index >= 15 is 0 Å². The van der Waals surface area contributed by atoms with Crippen molar-refractivity contribution in [1.29, 1.82) is 0 Å². The maximum atomic E-state index is 13.3. The van der Waals surface area contributed by atoms with Gasteiger partial charge in [0.2, 0.25) is 0 Å². The fourth-order valence-electron chi connectivity index (χ4n) is 3.45. The summed E-state index contributed by atoms with van der Waals surface area (Å²) >= 11 is 0. The van der Waals surface area contributed by atoms with Crippen molar-refractivity contribution in [2.24, 2.45) is 5.92 Å². The molecular weight excluding hydrogens is 394 g/mol.